The molecule has 0 aromatic heterocycles. The van der Waals surface area contributed by atoms with Crippen molar-refractivity contribution in [2.24, 2.45) is 0 Å². The van der Waals surface area contributed by atoms with Gasteiger partial charge in [0.25, 0.3) is 5.91 Å². The molecular formula is C18H20ClN3O2. The van der Waals surface area contributed by atoms with E-state index in [0.717, 1.165) is 11.1 Å². The maximum atomic E-state index is 11.9. The summed E-state index contributed by atoms with van der Waals surface area (Å²) in [5, 5.41) is 8.71. The average molecular weight is 346 g/mol. The molecule has 2 aromatic carbocycles. The Hall–Kier alpha value is -2.53. The molecule has 0 saturated heterocycles. The quantitative estimate of drug-likeness (QED) is 0.754. The van der Waals surface area contributed by atoms with Gasteiger partial charge in [-0.1, -0.05) is 35.9 Å². The highest BCUT2D eigenvalue weighted by Crippen LogP contribution is 2.20. The zero-order valence-electron chi connectivity index (χ0n) is 13.7. The Morgan fingerprint density at radius 3 is 2.54 bits per heavy atom. The molecule has 0 aliphatic carbocycles. The van der Waals surface area contributed by atoms with E-state index in [0.29, 0.717) is 22.8 Å². The fourth-order valence-electron chi connectivity index (χ4n) is 2.19. The maximum Gasteiger partial charge on any atom is 0.252 e. The summed E-state index contributed by atoms with van der Waals surface area (Å²) < 4.78 is 0. The number of anilines is 1. The van der Waals surface area contributed by atoms with E-state index in [-0.39, 0.29) is 18.4 Å². The van der Waals surface area contributed by atoms with Crippen molar-refractivity contribution in [2.75, 3.05) is 18.9 Å². The molecule has 0 radical (unpaired) electrons. The molecule has 0 aliphatic rings. The van der Waals surface area contributed by atoms with E-state index in [4.69, 9.17) is 11.6 Å². The minimum Gasteiger partial charge on any atom is -0.376 e. The zero-order chi connectivity index (χ0) is 17.5. The van der Waals surface area contributed by atoms with Crippen LogP contribution >= 0.6 is 11.6 Å². The van der Waals surface area contributed by atoms with Gasteiger partial charge in [0.1, 0.15) is 0 Å². The second-order valence-electron chi connectivity index (χ2n) is 5.33. The smallest absolute Gasteiger partial charge is 0.252 e. The number of benzene rings is 2. The van der Waals surface area contributed by atoms with Crippen LogP contribution in [-0.4, -0.2) is 25.4 Å². The predicted octanol–water partition coefficient (Wildman–Crippen LogP) is 2.74. The van der Waals surface area contributed by atoms with Crippen molar-refractivity contribution in [1.29, 1.82) is 0 Å². The highest BCUT2D eigenvalue weighted by atomic mass is 35.5. The topological polar surface area (TPSA) is 70.2 Å². The van der Waals surface area contributed by atoms with Crippen molar-refractivity contribution in [1.82, 2.24) is 10.6 Å². The van der Waals surface area contributed by atoms with Gasteiger partial charge in [0.2, 0.25) is 5.91 Å². The van der Waals surface area contributed by atoms with E-state index in [1.807, 2.05) is 31.2 Å². The van der Waals surface area contributed by atoms with Gasteiger partial charge in [-0.3, -0.25) is 9.59 Å². The SMILES string of the molecule is CNC(=O)c1ccc(NCC(=O)NCc2ccccc2C)cc1Cl. The molecule has 0 atom stereocenters. The molecule has 0 fully saturated rings. The number of carbonyl (C=O) groups is 2. The molecule has 2 aromatic rings. The molecule has 3 N–H and O–H groups in total. The number of aryl methyl sites for hydroxylation is 1. The molecule has 24 heavy (non-hydrogen) atoms. The fourth-order valence-corrected chi connectivity index (χ4v) is 2.46. The number of hydrogen-bond acceptors (Lipinski definition) is 3. The van der Waals surface area contributed by atoms with E-state index >= 15 is 0 Å². The maximum absolute atomic E-state index is 11.9. The van der Waals surface area contributed by atoms with E-state index < -0.39 is 0 Å². The second-order valence-corrected chi connectivity index (χ2v) is 5.74. The monoisotopic (exact) mass is 345 g/mol. The summed E-state index contributed by atoms with van der Waals surface area (Å²) in [4.78, 5) is 23.5. The molecule has 0 unspecified atom stereocenters. The van der Waals surface area contributed by atoms with Crippen LogP contribution in [0.25, 0.3) is 0 Å². The van der Waals surface area contributed by atoms with Gasteiger partial charge in [-0.05, 0) is 36.2 Å². The number of amides is 2. The number of nitrogens with one attached hydrogen (secondary N) is 3. The summed E-state index contributed by atoms with van der Waals surface area (Å²) in [5.74, 6) is -0.368. The Labute approximate surface area is 146 Å². The molecule has 5 nitrogen and oxygen atoms in total. The van der Waals surface area contributed by atoms with Crippen LogP contribution in [0.15, 0.2) is 42.5 Å². The largest absolute Gasteiger partial charge is 0.376 e. The van der Waals surface area contributed by atoms with Crippen LogP contribution < -0.4 is 16.0 Å². The predicted molar refractivity (Wildman–Crippen MR) is 96.4 cm³/mol. The molecule has 0 aliphatic heterocycles. The van der Waals surface area contributed by atoms with Gasteiger partial charge in [-0.2, -0.15) is 0 Å². The van der Waals surface area contributed by atoms with Gasteiger partial charge in [-0.25, -0.2) is 0 Å². The van der Waals surface area contributed by atoms with Crippen LogP contribution in [0.2, 0.25) is 5.02 Å². The Bertz CT molecular complexity index is 747. The molecule has 0 heterocycles. The number of rotatable bonds is 6. The van der Waals surface area contributed by atoms with E-state index in [2.05, 4.69) is 16.0 Å². The number of halogens is 1. The Morgan fingerprint density at radius 2 is 1.88 bits per heavy atom. The zero-order valence-corrected chi connectivity index (χ0v) is 14.4. The molecule has 6 heteroatoms. The molecular weight excluding hydrogens is 326 g/mol. The van der Waals surface area contributed by atoms with Crippen LogP contribution in [0.1, 0.15) is 21.5 Å². The summed E-state index contributed by atoms with van der Waals surface area (Å²) in [6, 6.07) is 12.9. The fraction of sp³-hybridized carbons (Fsp3) is 0.222. The Kier molecular flexibility index (Phi) is 6.21. The normalized spacial score (nSPS) is 10.1. The highest BCUT2D eigenvalue weighted by Gasteiger charge is 2.09. The van der Waals surface area contributed by atoms with Crippen molar-refractivity contribution in [3.63, 3.8) is 0 Å². The molecule has 2 rings (SSSR count). The van der Waals surface area contributed by atoms with Crippen molar-refractivity contribution in [2.45, 2.75) is 13.5 Å². The number of carbonyl (C=O) groups excluding carboxylic acids is 2. The van der Waals surface area contributed by atoms with Crippen molar-refractivity contribution in [3.05, 3.63) is 64.2 Å². The molecule has 0 saturated carbocycles. The third kappa shape index (κ3) is 4.73. The van der Waals surface area contributed by atoms with E-state index in [9.17, 15) is 9.59 Å². The minimum absolute atomic E-state index is 0.121. The second kappa shape index (κ2) is 8.36. The molecule has 126 valence electrons. The third-order valence-corrected chi connectivity index (χ3v) is 3.94. The molecule has 0 spiro atoms. The van der Waals surface area contributed by atoms with E-state index in [1.165, 1.54) is 0 Å². The lowest BCUT2D eigenvalue weighted by atomic mass is 10.1. The summed E-state index contributed by atoms with van der Waals surface area (Å²) in [6.07, 6.45) is 0. The standard InChI is InChI=1S/C18H20ClN3O2/c1-12-5-3-4-6-13(12)10-22-17(23)11-21-14-7-8-15(16(19)9-14)18(24)20-2/h3-9,21H,10-11H2,1-2H3,(H,20,24)(H,22,23). The van der Waals surface area contributed by atoms with Gasteiger partial charge in [-0.15, -0.1) is 0 Å². The highest BCUT2D eigenvalue weighted by molar-refractivity contribution is 6.34. The lowest BCUT2D eigenvalue weighted by Crippen LogP contribution is -2.29. The van der Waals surface area contributed by atoms with E-state index in [1.54, 1.807) is 25.2 Å². The Balaban J connectivity index is 1.87. The van der Waals surface area contributed by atoms with Crippen LogP contribution in [-0.2, 0) is 11.3 Å². The van der Waals surface area contributed by atoms with Gasteiger partial charge in [0.05, 0.1) is 17.1 Å². The first-order valence-corrected chi connectivity index (χ1v) is 7.95. The molecule has 2 amide bonds. The van der Waals surface area contributed by atoms with Crippen molar-refractivity contribution < 1.29 is 9.59 Å². The van der Waals surface area contributed by atoms with Crippen molar-refractivity contribution >= 4 is 29.1 Å². The molecule has 0 bridgehead atoms. The first-order chi connectivity index (χ1) is 11.5. The third-order valence-electron chi connectivity index (χ3n) is 3.63. The first-order valence-electron chi connectivity index (χ1n) is 7.58. The van der Waals surface area contributed by atoms with Crippen LogP contribution in [0.4, 0.5) is 5.69 Å². The van der Waals surface area contributed by atoms with Crippen LogP contribution in [0.5, 0.6) is 0 Å². The first kappa shape index (κ1) is 17.8. The summed E-state index contributed by atoms with van der Waals surface area (Å²) in [6.45, 7) is 2.63. The number of hydrogen-bond donors (Lipinski definition) is 3. The lowest BCUT2D eigenvalue weighted by molar-refractivity contribution is -0.119. The van der Waals surface area contributed by atoms with Crippen molar-refractivity contribution in [3.8, 4) is 0 Å². The minimum atomic E-state index is -0.248. The average Bonchev–Trinajstić information content (AvgIpc) is 2.58. The lowest BCUT2D eigenvalue weighted by Gasteiger charge is -2.10. The summed E-state index contributed by atoms with van der Waals surface area (Å²) in [7, 11) is 1.55. The summed E-state index contributed by atoms with van der Waals surface area (Å²) >= 11 is 6.08. The summed E-state index contributed by atoms with van der Waals surface area (Å²) in [5.41, 5.74) is 3.30. The van der Waals surface area contributed by atoms with Crippen LogP contribution in [0.3, 0.4) is 0 Å². The van der Waals surface area contributed by atoms with Gasteiger partial charge < -0.3 is 16.0 Å². The Morgan fingerprint density at radius 1 is 1.12 bits per heavy atom. The van der Waals surface area contributed by atoms with Crippen LogP contribution in [0, 0.1) is 6.92 Å². The van der Waals surface area contributed by atoms with Gasteiger partial charge in [0.15, 0.2) is 0 Å². The van der Waals surface area contributed by atoms with Gasteiger partial charge in [0, 0.05) is 19.3 Å². The van der Waals surface area contributed by atoms with Gasteiger partial charge >= 0.3 is 0 Å².